The molecule has 0 unspecified atom stereocenters. The fourth-order valence-electron chi connectivity index (χ4n) is 3.26. The fourth-order valence-corrected chi connectivity index (χ4v) is 3.26. The van der Waals surface area contributed by atoms with Crippen molar-refractivity contribution in [1.29, 1.82) is 0 Å². The second-order valence-electron chi connectivity index (χ2n) is 6.59. The van der Waals surface area contributed by atoms with Gasteiger partial charge in [-0.1, -0.05) is 12.1 Å². The van der Waals surface area contributed by atoms with E-state index in [1.165, 1.54) is 22.8 Å². The Hall–Kier alpha value is -2.70. The summed E-state index contributed by atoms with van der Waals surface area (Å²) in [5.74, 6) is -1.21. The van der Waals surface area contributed by atoms with Gasteiger partial charge in [-0.25, -0.2) is 9.07 Å². The lowest BCUT2D eigenvalue weighted by Gasteiger charge is -2.25. The molecule has 6 nitrogen and oxygen atoms in total. The number of rotatable bonds is 5. The Morgan fingerprint density at radius 1 is 1.31 bits per heavy atom. The van der Waals surface area contributed by atoms with Gasteiger partial charge in [0.05, 0.1) is 7.11 Å². The molecule has 26 heavy (non-hydrogen) atoms. The van der Waals surface area contributed by atoms with Crippen LogP contribution in [0.4, 0.5) is 4.39 Å². The number of hydrogen-bond donors (Lipinski definition) is 0. The SMILES string of the molecule is COC(=O)CN(C(=O)c1nn(-c2ccccc2F)c2c1CCC2)C(C)C. The van der Waals surface area contributed by atoms with Crippen LogP contribution in [0.25, 0.3) is 5.69 Å². The molecule has 0 bridgehead atoms. The number of fused-ring (bicyclic) bond motifs is 1. The number of hydrogen-bond acceptors (Lipinski definition) is 4. The normalized spacial score (nSPS) is 13.0. The summed E-state index contributed by atoms with van der Waals surface area (Å²) in [7, 11) is 1.29. The van der Waals surface area contributed by atoms with Crippen molar-refractivity contribution in [2.45, 2.75) is 39.2 Å². The zero-order chi connectivity index (χ0) is 18.8. The summed E-state index contributed by atoms with van der Waals surface area (Å²) in [5.41, 5.74) is 2.32. The van der Waals surface area contributed by atoms with Crippen molar-refractivity contribution < 1.29 is 18.7 Å². The van der Waals surface area contributed by atoms with Gasteiger partial charge in [-0.2, -0.15) is 5.10 Å². The number of nitrogens with zero attached hydrogens (tertiary/aromatic N) is 3. The van der Waals surface area contributed by atoms with Crippen LogP contribution in [-0.4, -0.2) is 46.3 Å². The van der Waals surface area contributed by atoms with Gasteiger partial charge in [-0.05, 0) is 45.2 Å². The first-order valence-corrected chi connectivity index (χ1v) is 8.67. The molecule has 1 heterocycles. The van der Waals surface area contributed by atoms with Gasteiger partial charge in [-0.3, -0.25) is 9.59 Å². The van der Waals surface area contributed by atoms with Crippen LogP contribution in [0.2, 0.25) is 0 Å². The lowest BCUT2D eigenvalue weighted by atomic mass is 10.1. The quantitative estimate of drug-likeness (QED) is 0.770. The first-order chi connectivity index (χ1) is 12.4. The van der Waals surface area contributed by atoms with Crippen molar-refractivity contribution in [2.75, 3.05) is 13.7 Å². The van der Waals surface area contributed by atoms with Gasteiger partial charge in [0.15, 0.2) is 5.69 Å². The second kappa shape index (κ2) is 7.27. The van der Waals surface area contributed by atoms with Crippen molar-refractivity contribution in [3.05, 3.63) is 47.0 Å². The Labute approximate surface area is 151 Å². The third-order valence-electron chi connectivity index (χ3n) is 4.62. The molecule has 1 aliphatic carbocycles. The van der Waals surface area contributed by atoms with Crippen LogP contribution in [-0.2, 0) is 22.4 Å². The molecule has 0 radical (unpaired) electrons. The van der Waals surface area contributed by atoms with Crippen LogP contribution >= 0.6 is 0 Å². The fraction of sp³-hybridized carbons (Fsp3) is 0.421. The second-order valence-corrected chi connectivity index (χ2v) is 6.59. The number of amides is 1. The third kappa shape index (κ3) is 3.21. The van der Waals surface area contributed by atoms with Crippen LogP contribution in [0.1, 0.15) is 42.0 Å². The average molecular weight is 359 g/mol. The van der Waals surface area contributed by atoms with Gasteiger partial charge in [0.1, 0.15) is 18.0 Å². The molecular weight excluding hydrogens is 337 g/mol. The summed E-state index contributed by atoms with van der Waals surface area (Å²) in [6.45, 7) is 3.51. The highest BCUT2D eigenvalue weighted by atomic mass is 19.1. The highest BCUT2D eigenvalue weighted by Crippen LogP contribution is 2.29. The zero-order valence-corrected chi connectivity index (χ0v) is 15.2. The number of para-hydroxylation sites is 1. The number of carbonyl (C=O) groups excluding carboxylic acids is 2. The zero-order valence-electron chi connectivity index (χ0n) is 15.2. The molecule has 0 saturated carbocycles. The van der Waals surface area contributed by atoms with E-state index in [0.717, 1.165) is 30.5 Å². The number of aromatic nitrogens is 2. The molecule has 0 fully saturated rings. The minimum absolute atomic E-state index is 0.145. The van der Waals surface area contributed by atoms with Crippen molar-refractivity contribution in [1.82, 2.24) is 14.7 Å². The summed E-state index contributed by atoms with van der Waals surface area (Å²) in [6.07, 6.45) is 2.35. The molecule has 0 aliphatic heterocycles. The Kier molecular flexibility index (Phi) is 5.06. The standard InChI is InChI=1S/C19H22FN3O3/c1-12(2)22(11-17(24)26-3)19(25)18-13-7-6-10-15(13)23(21-18)16-9-5-4-8-14(16)20/h4-5,8-9,12H,6-7,10-11H2,1-3H3. The topological polar surface area (TPSA) is 64.4 Å². The highest BCUT2D eigenvalue weighted by Gasteiger charge is 2.32. The smallest absolute Gasteiger partial charge is 0.325 e. The molecule has 3 rings (SSSR count). The summed E-state index contributed by atoms with van der Waals surface area (Å²) >= 11 is 0. The molecule has 0 spiro atoms. The monoisotopic (exact) mass is 359 g/mol. The Bertz CT molecular complexity index is 845. The van der Waals surface area contributed by atoms with Crippen molar-refractivity contribution in [3.8, 4) is 5.69 Å². The summed E-state index contributed by atoms with van der Waals surface area (Å²) < 4.78 is 20.5. The molecule has 0 saturated heterocycles. The van der Waals surface area contributed by atoms with Crippen molar-refractivity contribution >= 4 is 11.9 Å². The summed E-state index contributed by atoms with van der Waals surface area (Å²) in [5, 5.41) is 4.43. The molecule has 7 heteroatoms. The molecular formula is C19H22FN3O3. The van der Waals surface area contributed by atoms with Gasteiger partial charge in [0.2, 0.25) is 0 Å². The summed E-state index contributed by atoms with van der Waals surface area (Å²) in [6, 6.07) is 6.17. The average Bonchev–Trinajstić information content (AvgIpc) is 3.21. The number of methoxy groups -OCH3 is 1. The molecule has 0 N–H and O–H groups in total. The lowest BCUT2D eigenvalue weighted by molar-refractivity contribution is -0.141. The maximum Gasteiger partial charge on any atom is 0.325 e. The number of halogens is 1. The van der Waals surface area contributed by atoms with Gasteiger partial charge in [0.25, 0.3) is 5.91 Å². The van der Waals surface area contributed by atoms with E-state index in [0.29, 0.717) is 11.4 Å². The maximum atomic E-state index is 14.2. The Morgan fingerprint density at radius 3 is 2.69 bits per heavy atom. The minimum Gasteiger partial charge on any atom is -0.468 e. The molecule has 1 aliphatic rings. The third-order valence-corrected chi connectivity index (χ3v) is 4.62. The van der Waals surface area contributed by atoms with Crippen LogP contribution in [0.3, 0.4) is 0 Å². The van der Waals surface area contributed by atoms with E-state index in [1.807, 2.05) is 13.8 Å². The Balaban J connectivity index is 2.03. The minimum atomic E-state index is -0.489. The van der Waals surface area contributed by atoms with Gasteiger partial charge < -0.3 is 9.64 Å². The van der Waals surface area contributed by atoms with E-state index < -0.39 is 5.97 Å². The number of ether oxygens (including phenoxy) is 1. The van der Waals surface area contributed by atoms with E-state index in [1.54, 1.807) is 18.2 Å². The van der Waals surface area contributed by atoms with Gasteiger partial charge in [0, 0.05) is 17.3 Å². The first kappa shape index (κ1) is 18.1. The number of esters is 1. The molecule has 138 valence electrons. The summed E-state index contributed by atoms with van der Waals surface area (Å²) in [4.78, 5) is 26.2. The highest BCUT2D eigenvalue weighted by molar-refractivity contribution is 5.96. The first-order valence-electron chi connectivity index (χ1n) is 8.67. The number of carbonyl (C=O) groups is 2. The van der Waals surface area contributed by atoms with Crippen LogP contribution in [0, 0.1) is 5.82 Å². The predicted molar refractivity (Wildman–Crippen MR) is 93.7 cm³/mol. The van der Waals surface area contributed by atoms with E-state index in [4.69, 9.17) is 4.74 Å². The van der Waals surface area contributed by atoms with Gasteiger partial charge in [-0.15, -0.1) is 0 Å². The van der Waals surface area contributed by atoms with Gasteiger partial charge >= 0.3 is 5.97 Å². The van der Waals surface area contributed by atoms with E-state index in [2.05, 4.69) is 5.10 Å². The van der Waals surface area contributed by atoms with Crippen LogP contribution in [0.15, 0.2) is 24.3 Å². The van der Waals surface area contributed by atoms with Crippen molar-refractivity contribution in [3.63, 3.8) is 0 Å². The maximum absolute atomic E-state index is 14.2. The lowest BCUT2D eigenvalue weighted by Crippen LogP contribution is -2.41. The molecule has 1 aromatic carbocycles. The van der Waals surface area contributed by atoms with E-state index in [-0.39, 0.29) is 24.3 Å². The number of benzene rings is 1. The van der Waals surface area contributed by atoms with Crippen LogP contribution in [0.5, 0.6) is 0 Å². The molecule has 0 atom stereocenters. The van der Waals surface area contributed by atoms with E-state index >= 15 is 0 Å². The largest absolute Gasteiger partial charge is 0.468 e. The van der Waals surface area contributed by atoms with Crippen LogP contribution < -0.4 is 0 Å². The molecule has 1 aromatic heterocycles. The van der Waals surface area contributed by atoms with Crippen molar-refractivity contribution in [2.24, 2.45) is 0 Å². The molecule has 1 amide bonds. The Morgan fingerprint density at radius 2 is 2.04 bits per heavy atom. The molecule has 2 aromatic rings. The predicted octanol–water partition coefficient (Wildman–Crippen LogP) is 2.52. The van der Waals surface area contributed by atoms with E-state index in [9.17, 15) is 14.0 Å².